The number of non-ortho nitro benzene ring substituents is 1. The number of aromatic nitrogens is 1. The zero-order valence-electron chi connectivity index (χ0n) is 11.7. The smallest absolute Gasteiger partial charge is 0.277 e. The van der Waals surface area contributed by atoms with E-state index in [1.807, 2.05) is 0 Å². The molecule has 0 amide bonds. The van der Waals surface area contributed by atoms with Crippen LogP contribution in [0.1, 0.15) is 12.8 Å². The minimum absolute atomic E-state index is 0.123. The molecule has 1 unspecified atom stereocenters. The van der Waals surface area contributed by atoms with Crippen LogP contribution in [-0.2, 0) is 0 Å². The number of nitro benzene ring substituents is 1. The molecule has 1 aromatic heterocycles. The standard InChI is InChI=1S/C15H18N4O2/c20-19(21)15-2-1-14(13-10-17-7-5-12(13)15)18-8-4-11-3-6-16-9-11/h1-2,5,7,10-11,16,18H,3-4,6,8-9H2. The second-order valence-electron chi connectivity index (χ2n) is 5.38. The van der Waals surface area contributed by atoms with E-state index in [4.69, 9.17) is 0 Å². The van der Waals surface area contributed by atoms with Crippen molar-refractivity contribution in [3.05, 3.63) is 40.7 Å². The third kappa shape index (κ3) is 2.95. The van der Waals surface area contributed by atoms with Crippen LogP contribution in [0.15, 0.2) is 30.6 Å². The Bertz CT molecular complexity index is 653. The zero-order valence-corrected chi connectivity index (χ0v) is 11.7. The average molecular weight is 286 g/mol. The van der Waals surface area contributed by atoms with Crippen molar-refractivity contribution < 1.29 is 4.92 Å². The monoisotopic (exact) mass is 286 g/mol. The van der Waals surface area contributed by atoms with Gasteiger partial charge in [0.1, 0.15) is 0 Å². The Morgan fingerprint density at radius 1 is 1.38 bits per heavy atom. The molecule has 3 rings (SSSR count). The Kier molecular flexibility index (Phi) is 3.96. The summed E-state index contributed by atoms with van der Waals surface area (Å²) in [7, 11) is 0. The molecule has 1 atom stereocenters. The van der Waals surface area contributed by atoms with Crippen molar-refractivity contribution in [1.29, 1.82) is 0 Å². The summed E-state index contributed by atoms with van der Waals surface area (Å²) >= 11 is 0. The van der Waals surface area contributed by atoms with Crippen molar-refractivity contribution in [3.63, 3.8) is 0 Å². The molecule has 1 aliphatic rings. The van der Waals surface area contributed by atoms with Gasteiger partial charge in [-0.1, -0.05) is 0 Å². The molecule has 1 aliphatic heterocycles. The van der Waals surface area contributed by atoms with Gasteiger partial charge in [-0.3, -0.25) is 15.1 Å². The second kappa shape index (κ2) is 6.05. The number of hydrogen-bond donors (Lipinski definition) is 2. The third-order valence-electron chi connectivity index (χ3n) is 4.02. The maximum Gasteiger partial charge on any atom is 0.277 e. The van der Waals surface area contributed by atoms with Crippen molar-refractivity contribution in [2.24, 2.45) is 5.92 Å². The van der Waals surface area contributed by atoms with Gasteiger partial charge in [0.15, 0.2) is 0 Å². The average Bonchev–Trinajstić information content (AvgIpc) is 3.00. The first kappa shape index (κ1) is 13.8. The molecule has 1 saturated heterocycles. The first-order chi connectivity index (χ1) is 10.3. The highest BCUT2D eigenvalue weighted by molar-refractivity contribution is 5.99. The highest BCUT2D eigenvalue weighted by Crippen LogP contribution is 2.30. The highest BCUT2D eigenvalue weighted by atomic mass is 16.6. The highest BCUT2D eigenvalue weighted by Gasteiger charge is 2.16. The Balaban J connectivity index is 1.79. The van der Waals surface area contributed by atoms with Crippen LogP contribution in [0.25, 0.3) is 10.8 Å². The van der Waals surface area contributed by atoms with Crippen LogP contribution in [0, 0.1) is 16.0 Å². The predicted octanol–water partition coefficient (Wildman–Crippen LogP) is 2.55. The molecule has 0 saturated carbocycles. The predicted molar refractivity (Wildman–Crippen MR) is 82.5 cm³/mol. The number of hydrogen-bond acceptors (Lipinski definition) is 5. The van der Waals surface area contributed by atoms with E-state index in [0.29, 0.717) is 5.39 Å². The van der Waals surface area contributed by atoms with Crippen molar-refractivity contribution in [2.45, 2.75) is 12.8 Å². The van der Waals surface area contributed by atoms with Crippen LogP contribution in [0.4, 0.5) is 11.4 Å². The van der Waals surface area contributed by atoms with E-state index in [2.05, 4.69) is 15.6 Å². The molecule has 1 fully saturated rings. The zero-order chi connectivity index (χ0) is 14.7. The summed E-state index contributed by atoms with van der Waals surface area (Å²) in [6.07, 6.45) is 5.60. The molecule has 2 N–H and O–H groups in total. The molecule has 6 heteroatoms. The van der Waals surface area contributed by atoms with E-state index < -0.39 is 0 Å². The number of nitrogens with zero attached hydrogens (tertiary/aromatic N) is 2. The minimum atomic E-state index is -0.351. The second-order valence-corrected chi connectivity index (χ2v) is 5.38. The lowest BCUT2D eigenvalue weighted by Crippen LogP contribution is -2.12. The van der Waals surface area contributed by atoms with Gasteiger partial charge in [-0.2, -0.15) is 0 Å². The molecule has 110 valence electrons. The van der Waals surface area contributed by atoms with Crippen molar-refractivity contribution in [1.82, 2.24) is 10.3 Å². The van der Waals surface area contributed by atoms with E-state index in [1.54, 1.807) is 30.6 Å². The molecular formula is C15H18N4O2. The fourth-order valence-corrected chi connectivity index (χ4v) is 2.86. The van der Waals surface area contributed by atoms with Crippen LogP contribution in [-0.4, -0.2) is 29.5 Å². The van der Waals surface area contributed by atoms with Crippen LogP contribution in [0.2, 0.25) is 0 Å². The van der Waals surface area contributed by atoms with Crippen LogP contribution < -0.4 is 10.6 Å². The summed E-state index contributed by atoms with van der Waals surface area (Å²) in [4.78, 5) is 14.8. The molecule has 1 aromatic carbocycles. The number of rotatable bonds is 5. The van der Waals surface area contributed by atoms with Gasteiger partial charge in [-0.05, 0) is 44.0 Å². The largest absolute Gasteiger partial charge is 0.384 e. The molecule has 2 aromatic rings. The molecule has 0 aliphatic carbocycles. The first-order valence-electron chi connectivity index (χ1n) is 7.21. The lowest BCUT2D eigenvalue weighted by Gasteiger charge is -2.12. The molecule has 6 nitrogen and oxygen atoms in total. The number of fused-ring (bicyclic) bond motifs is 1. The number of nitrogens with one attached hydrogen (secondary N) is 2. The normalized spacial score (nSPS) is 18.0. The first-order valence-corrected chi connectivity index (χ1v) is 7.21. The van der Waals surface area contributed by atoms with Gasteiger partial charge in [0.25, 0.3) is 5.69 Å². The summed E-state index contributed by atoms with van der Waals surface area (Å²) in [5.74, 6) is 0.722. The van der Waals surface area contributed by atoms with Crippen molar-refractivity contribution in [3.8, 4) is 0 Å². The van der Waals surface area contributed by atoms with E-state index in [1.165, 1.54) is 6.42 Å². The Morgan fingerprint density at radius 3 is 3.05 bits per heavy atom. The van der Waals surface area contributed by atoms with Crippen LogP contribution in [0.3, 0.4) is 0 Å². The molecule has 21 heavy (non-hydrogen) atoms. The van der Waals surface area contributed by atoms with Gasteiger partial charge >= 0.3 is 0 Å². The lowest BCUT2D eigenvalue weighted by atomic mass is 10.0. The van der Waals surface area contributed by atoms with Crippen LogP contribution in [0.5, 0.6) is 0 Å². The quantitative estimate of drug-likeness (QED) is 0.652. The van der Waals surface area contributed by atoms with Gasteiger partial charge < -0.3 is 10.6 Å². The van der Waals surface area contributed by atoms with Gasteiger partial charge in [-0.15, -0.1) is 0 Å². The van der Waals surface area contributed by atoms with E-state index in [0.717, 1.165) is 43.0 Å². The van der Waals surface area contributed by atoms with Gasteiger partial charge in [0.05, 0.1) is 10.3 Å². The SMILES string of the molecule is O=[N+]([O-])c1ccc(NCCC2CCNC2)c2cnccc12. The topological polar surface area (TPSA) is 80.1 Å². The maximum absolute atomic E-state index is 11.1. The number of benzene rings is 1. The van der Waals surface area contributed by atoms with Gasteiger partial charge in [-0.25, -0.2) is 0 Å². The lowest BCUT2D eigenvalue weighted by molar-refractivity contribution is -0.383. The summed E-state index contributed by atoms with van der Waals surface area (Å²) < 4.78 is 0. The number of anilines is 1. The fourth-order valence-electron chi connectivity index (χ4n) is 2.86. The summed E-state index contributed by atoms with van der Waals surface area (Å²) in [6, 6.07) is 5.02. The third-order valence-corrected chi connectivity index (χ3v) is 4.02. The van der Waals surface area contributed by atoms with Gasteiger partial charge in [0, 0.05) is 36.1 Å². The van der Waals surface area contributed by atoms with E-state index in [-0.39, 0.29) is 10.6 Å². The van der Waals surface area contributed by atoms with E-state index in [9.17, 15) is 10.1 Å². The fraction of sp³-hybridized carbons (Fsp3) is 0.400. The number of pyridine rings is 1. The Labute approximate surface area is 122 Å². The molecule has 0 spiro atoms. The van der Waals surface area contributed by atoms with Crippen molar-refractivity contribution >= 4 is 22.1 Å². The Morgan fingerprint density at radius 2 is 2.29 bits per heavy atom. The van der Waals surface area contributed by atoms with Crippen molar-refractivity contribution in [2.75, 3.05) is 25.0 Å². The summed E-state index contributed by atoms with van der Waals surface area (Å²) in [6.45, 7) is 3.06. The molecule has 2 heterocycles. The molecule has 0 bridgehead atoms. The maximum atomic E-state index is 11.1. The summed E-state index contributed by atoms with van der Waals surface area (Å²) in [5, 5.41) is 19.2. The van der Waals surface area contributed by atoms with Gasteiger partial charge in [0.2, 0.25) is 0 Å². The molecular weight excluding hydrogens is 268 g/mol. The van der Waals surface area contributed by atoms with Crippen LogP contribution >= 0.6 is 0 Å². The van der Waals surface area contributed by atoms with E-state index >= 15 is 0 Å². The Hall–Kier alpha value is -2.21. The minimum Gasteiger partial charge on any atom is -0.384 e. The molecule has 0 radical (unpaired) electrons. The number of nitro groups is 1. The summed E-state index contributed by atoms with van der Waals surface area (Å²) in [5.41, 5.74) is 1.03.